The summed E-state index contributed by atoms with van der Waals surface area (Å²) >= 11 is 3.49. The zero-order valence-corrected chi connectivity index (χ0v) is 20.8. The van der Waals surface area contributed by atoms with Crippen LogP contribution in [0.4, 0.5) is 0 Å². The van der Waals surface area contributed by atoms with Crippen LogP contribution in [-0.2, 0) is 22.6 Å². The molecule has 5 nitrogen and oxygen atoms in total. The third-order valence-electron chi connectivity index (χ3n) is 5.44. The molecule has 0 saturated heterocycles. The number of carbonyl (C=O) groups excluding carboxylic acids is 2. The summed E-state index contributed by atoms with van der Waals surface area (Å²) in [4.78, 5) is 28.0. The van der Waals surface area contributed by atoms with E-state index in [1.165, 1.54) is 0 Å². The molecule has 1 atom stereocenters. The zero-order valence-electron chi connectivity index (χ0n) is 19.2. The molecule has 0 aliphatic carbocycles. The summed E-state index contributed by atoms with van der Waals surface area (Å²) in [6.45, 7) is 4.10. The van der Waals surface area contributed by atoms with Gasteiger partial charge in [-0.05, 0) is 48.7 Å². The Kier molecular flexibility index (Phi) is 8.66. The summed E-state index contributed by atoms with van der Waals surface area (Å²) in [5.74, 6) is 0.198. The van der Waals surface area contributed by atoms with E-state index in [1.807, 2.05) is 86.6 Å². The van der Waals surface area contributed by atoms with E-state index in [4.69, 9.17) is 4.74 Å². The largest absolute Gasteiger partial charge is 0.483 e. The predicted molar refractivity (Wildman–Crippen MR) is 134 cm³/mol. The molecule has 0 fully saturated rings. The maximum absolute atomic E-state index is 13.4. The number of carbonyl (C=O) groups is 2. The first kappa shape index (κ1) is 24.5. The smallest absolute Gasteiger partial charge is 0.261 e. The van der Waals surface area contributed by atoms with Gasteiger partial charge in [-0.15, -0.1) is 0 Å². The Bertz CT molecular complexity index is 1100. The summed E-state index contributed by atoms with van der Waals surface area (Å²) in [6, 6.07) is 22.6. The van der Waals surface area contributed by atoms with Crippen LogP contribution in [0.25, 0.3) is 0 Å². The van der Waals surface area contributed by atoms with Crippen molar-refractivity contribution in [3.05, 3.63) is 99.5 Å². The highest BCUT2D eigenvalue weighted by atomic mass is 79.9. The molecule has 0 bridgehead atoms. The molecule has 33 heavy (non-hydrogen) atoms. The lowest BCUT2D eigenvalue weighted by atomic mass is 10.0. The van der Waals surface area contributed by atoms with Gasteiger partial charge in [-0.25, -0.2) is 0 Å². The fourth-order valence-electron chi connectivity index (χ4n) is 3.74. The van der Waals surface area contributed by atoms with E-state index in [-0.39, 0.29) is 18.4 Å². The SMILES string of the molecule is CNC(=O)[C@H](Cc1ccccc1)N(Cc1cccc(Br)c1)C(=O)COc1ccc(C)cc1C. The van der Waals surface area contributed by atoms with Crippen LogP contribution in [0, 0.1) is 13.8 Å². The molecule has 0 aliphatic rings. The maximum atomic E-state index is 13.4. The molecule has 3 rings (SSSR count). The number of halogens is 1. The van der Waals surface area contributed by atoms with Crippen LogP contribution in [0.15, 0.2) is 77.3 Å². The Labute approximate surface area is 203 Å². The number of nitrogens with zero attached hydrogens (tertiary/aromatic N) is 1. The molecule has 3 aromatic rings. The van der Waals surface area contributed by atoms with Crippen molar-refractivity contribution >= 4 is 27.7 Å². The number of amides is 2. The van der Waals surface area contributed by atoms with Gasteiger partial charge in [0.2, 0.25) is 5.91 Å². The van der Waals surface area contributed by atoms with E-state index in [9.17, 15) is 9.59 Å². The Hall–Kier alpha value is -3.12. The minimum Gasteiger partial charge on any atom is -0.483 e. The fourth-order valence-corrected chi connectivity index (χ4v) is 4.18. The average molecular weight is 509 g/mol. The van der Waals surface area contributed by atoms with E-state index in [2.05, 4.69) is 21.2 Å². The van der Waals surface area contributed by atoms with Gasteiger partial charge in [0.15, 0.2) is 6.61 Å². The number of hydrogen-bond acceptors (Lipinski definition) is 3. The summed E-state index contributed by atoms with van der Waals surface area (Å²) in [7, 11) is 1.59. The topological polar surface area (TPSA) is 58.6 Å². The second-order valence-corrected chi connectivity index (χ2v) is 8.94. The van der Waals surface area contributed by atoms with Crippen molar-refractivity contribution in [3.8, 4) is 5.75 Å². The van der Waals surface area contributed by atoms with E-state index in [0.717, 1.165) is 26.7 Å². The molecule has 2 amide bonds. The van der Waals surface area contributed by atoms with Gasteiger partial charge in [-0.2, -0.15) is 0 Å². The van der Waals surface area contributed by atoms with Crippen LogP contribution < -0.4 is 10.1 Å². The molecular formula is C27H29BrN2O3. The molecule has 0 aliphatic heterocycles. The molecule has 0 spiro atoms. The second kappa shape index (κ2) is 11.7. The van der Waals surface area contributed by atoms with Crippen molar-refractivity contribution < 1.29 is 14.3 Å². The van der Waals surface area contributed by atoms with Gasteiger partial charge in [0.25, 0.3) is 5.91 Å². The standard InChI is InChI=1S/C27H29BrN2O3/c1-19-12-13-25(20(2)14-19)33-18-26(31)30(17-22-10-7-11-23(28)15-22)24(27(32)29-3)16-21-8-5-4-6-9-21/h4-15,24H,16-18H2,1-3H3,(H,29,32)/t24-/m0/s1. The highest BCUT2D eigenvalue weighted by Gasteiger charge is 2.30. The molecule has 0 saturated carbocycles. The lowest BCUT2D eigenvalue weighted by Crippen LogP contribution is -2.51. The first-order valence-corrected chi connectivity index (χ1v) is 11.7. The molecule has 6 heteroatoms. The Balaban J connectivity index is 1.88. The molecule has 0 unspecified atom stereocenters. The van der Waals surface area contributed by atoms with Crippen LogP contribution >= 0.6 is 15.9 Å². The summed E-state index contributed by atoms with van der Waals surface area (Å²) in [5.41, 5.74) is 4.00. The number of hydrogen-bond donors (Lipinski definition) is 1. The third kappa shape index (κ3) is 6.93. The Morgan fingerprint density at radius 1 is 0.970 bits per heavy atom. The number of nitrogens with one attached hydrogen (secondary N) is 1. The van der Waals surface area contributed by atoms with Crippen molar-refractivity contribution in [2.45, 2.75) is 32.9 Å². The first-order valence-electron chi connectivity index (χ1n) is 10.9. The lowest BCUT2D eigenvalue weighted by molar-refractivity contribution is -0.142. The summed E-state index contributed by atoms with van der Waals surface area (Å²) in [5, 5.41) is 2.72. The number of likely N-dealkylation sites (N-methyl/N-ethyl adjacent to an activating group) is 1. The van der Waals surface area contributed by atoms with Crippen LogP contribution in [0.3, 0.4) is 0 Å². The van der Waals surface area contributed by atoms with Crippen LogP contribution in [0.5, 0.6) is 5.75 Å². The van der Waals surface area contributed by atoms with Crippen molar-refractivity contribution in [1.29, 1.82) is 0 Å². The van der Waals surface area contributed by atoms with Gasteiger partial charge < -0.3 is 15.0 Å². The monoisotopic (exact) mass is 508 g/mol. The summed E-state index contributed by atoms with van der Waals surface area (Å²) in [6.07, 6.45) is 0.407. The number of ether oxygens (including phenoxy) is 1. The lowest BCUT2D eigenvalue weighted by Gasteiger charge is -2.31. The Morgan fingerprint density at radius 2 is 1.70 bits per heavy atom. The van der Waals surface area contributed by atoms with E-state index in [0.29, 0.717) is 18.7 Å². The van der Waals surface area contributed by atoms with E-state index >= 15 is 0 Å². The number of aryl methyl sites for hydroxylation is 2. The first-order chi connectivity index (χ1) is 15.9. The Morgan fingerprint density at radius 3 is 2.36 bits per heavy atom. The van der Waals surface area contributed by atoms with Crippen molar-refractivity contribution in [1.82, 2.24) is 10.2 Å². The predicted octanol–water partition coefficient (Wildman–Crippen LogP) is 4.83. The van der Waals surface area contributed by atoms with Crippen molar-refractivity contribution in [3.63, 3.8) is 0 Å². The van der Waals surface area contributed by atoms with E-state index in [1.54, 1.807) is 11.9 Å². The minimum absolute atomic E-state index is 0.153. The second-order valence-electron chi connectivity index (χ2n) is 8.03. The van der Waals surface area contributed by atoms with Gasteiger partial charge in [-0.1, -0.05) is 76.1 Å². The summed E-state index contributed by atoms with van der Waals surface area (Å²) < 4.78 is 6.79. The molecule has 0 heterocycles. The van der Waals surface area contributed by atoms with Crippen LogP contribution in [0.1, 0.15) is 22.3 Å². The molecule has 172 valence electrons. The number of benzene rings is 3. The van der Waals surface area contributed by atoms with E-state index < -0.39 is 6.04 Å². The minimum atomic E-state index is -0.674. The van der Waals surface area contributed by atoms with Crippen LogP contribution in [0.2, 0.25) is 0 Å². The average Bonchev–Trinajstić information content (AvgIpc) is 2.81. The maximum Gasteiger partial charge on any atom is 0.261 e. The fraction of sp³-hybridized carbons (Fsp3) is 0.259. The molecular weight excluding hydrogens is 480 g/mol. The van der Waals surface area contributed by atoms with Crippen molar-refractivity contribution in [2.75, 3.05) is 13.7 Å². The highest BCUT2D eigenvalue weighted by Crippen LogP contribution is 2.21. The third-order valence-corrected chi connectivity index (χ3v) is 5.93. The van der Waals surface area contributed by atoms with Gasteiger partial charge >= 0.3 is 0 Å². The molecule has 1 N–H and O–H groups in total. The molecule has 3 aromatic carbocycles. The van der Waals surface area contributed by atoms with Gasteiger partial charge in [0.1, 0.15) is 11.8 Å². The van der Waals surface area contributed by atoms with Gasteiger partial charge in [0.05, 0.1) is 0 Å². The normalized spacial score (nSPS) is 11.5. The van der Waals surface area contributed by atoms with Crippen LogP contribution in [-0.4, -0.2) is 36.4 Å². The van der Waals surface area contributed by atoms with Gasteiger partial charge in [0, 0.05) is 24.5 Å². The van der Waals surface area contributed by atoms with Gasteiger partial charge in [-0.3, -0.25) is 9.59 Å². The zero-order chi connectivity index (χ0) is 23.8. The molecule has 0 aromatic heterocycles. The van der Waals surface area contributed by atoms with Crippen molar-refractivity contribution in [2.24, 2.45) is 0 Å². The quantitative estimate of drug-likeness (QED) is 0.450. The number of rotatable bonds is 9. The molecule has 0 radical (unpaired) electrons. The highest BCUT2D eigenvalue weighted by molar-refractivity contribution is 9.10.